The molecular formula is C11H15N3O2S2. The molecule has 1 aromatic rings. The first-order valence-electron chi connectivity index (χ1n) is 5.10. The van der Waals surface area contributed by atoms with Gasteiger partial charge in [0.25, 0.3) is 0 Å². The summed E-state index contributed by atoms with van der Waals surface area (Å²) in [4.78, 5) is 0.256. The van der Waals surface area contributed by atoms with E-state index in [1.165, 1.54) is 0 Å². The maximum Gasteiger partial charge on any atom is 0.184 e. The molecule has 1 rings (SSSR count). The van der Waals surface area contributed by atoms with Gasteiger partial charge in [-0.25, -0.2) is 8.42 Å². The highest BCUT2D eigenvalue weighted by Gasteiger charge is 2.15. The van der Waals surface area contributed by atoms with Crippen molar-refractivity contribution in [3.8, 4) is 0 Å². The molecule has 0 aliphatic rings. The van der Waals surface area contributed by atoms with Crippen molar-refractivity contribution in [1.29, 1.82) is 0 Å². The van der Waals surface area contributed by atoms with E-state index in [0.29, 0.717) is 0 Å². The van der Waals surface area contributed by atoms with Crippen molar-refractivity contribution >= 4 is 27.2 Å². The third kappa shape index (κ3) is 4.34. The largest absolute Gasteiger partial charge is 0.375 e. The average Bonchev–Trinajstić information content (AvgIpc) is 2.26. The number of nitrogens with two attached hydrogens (primary N) is 1. The molecule has 0 fully saturated rings. The van der Waals surface area contributed by atoms with E-state index in [1.807, 2.05) is 6.92 Å². The quantitative estimate of drug-likeness (QED) is 0.543. The summed E-state index contributed by atoms with van der Waals surface area (Å²) in [6, 6.07) is 6.63. The molecule has 0 heterocycles. The maximum atomic E-state index is 12.0. The minimum atomic E-state index is -3.41. The number of thiocarbonyl (C=S) groups is 1. The smallest absolute Gasteiger partial charge is 0.184 e. The molecule has 0 atom stereocenters. The molecule has 0 unspecified atom stereocenters. The molecule has 0 saturated carbocycles. The highest BCUT2D eigenvalue weighted by atomic mass is 32.2. The summed E-state index contributed by atoms with van der Waals surface area (Å²) in [5, 5.41) is 0.0175. The number of rotatable bonds is 5. The number of aryl methyl sites for hydroxylation is 1. The van der Waals surface area contributed by atoms with E-state index in [1.54, 1.807) is 24.3 Å². The van der Waals surface area contributed by atoms with Crippen LogP contribution in [-0.4, -0.2) is 19.3 Å². The topological polar surface area (TPSA) is 84.2 Å². The van der Waals surface area contributed by atoms with Gasteiger partial charge in [0, 0.05) is 5.70 Å². The number of hydrogen-bond acceptors (Lipinski definition) is 4. The van der Waals surface area contributed by atoms with Crippen molar-refractivity contribution in [2.24, 2.45) is 5.73 Å². The Hall–Kier alpha value is -1.60. The van der Waals surface area contributed by atoms with Crippen LogP contribution in [0.15, 0.2) is 41.4 Å². The van der Waals surface area contributed by atoms with Crippen LogP contribution < -0.4 is 16.6 Å². The molecule has 0 spiro atoms. The monoisotopic (exact) mass is 285 g/mol. The van der Waals surface area contributed by atoms with Gasteiger partial charge in [-0.15, -0.1) is 0 Å². The predicted octanol–water partition coefficient (Wildman–Crippen LogP) is 0.620. The number of hydrazine groups is 1. The van der Waals surface area contributed by atoms with Gasteiger partial charge >= 0.3 is 0 Å². The molecule has 4 N–H and O–H groups in total. The van der Waals surface area contributed by atoms with Gasteiger partial charge in [-0.05, 0) is 31.3 Å². The summed E-state index contributed by atoms with van der Waals surface area (Å²) in [5.74, 6) is -0.230. The van der Waals surface area contributed by atoms with Gasteiger partial charge in [-0.1, -0.05) is 24.3 Å². The molecule has 98 valence electrons. The molecule has 5 nitrogen and oxygen atoms in total. The van der Waals surface area contributed by atoms with Crippen molar-refractivity contribution in [3.05, 3.63) is 42.1 Å². The van der Waals surface area contributed by atoms with Crippen molar-refractivity contribution < 1.29 is 8.42 Å². The standard InChI is InChI=1S/C11H15N3O2S2/c1-8-3-5-10(6-4-8)18(15,16)7-9(2)13-14-11(12)17/h3-6,13H,2,7H2,1H3,(H3,12,14,17). The van der Waals surface area contributed by atoms with E-state index < -0.39 is 9.84 Å². The first kappa shape index (κ1) is 14.5. The van der Waals surface area contributed by atoms with Crippen molar-refractivity contribution in [3.63, 3.8) is 0 Å². The zero-order chi connectivity index (χ0) is 13.8. The van der Waals surface area contributed by atoms with Crippen LogP contribution in [0.1, 0.15) is 5.56 Å². The molecule has 0 saturated heterocycles. The lowest BCUT2D eigenvalue weighted by Crippen LogP contribution is -2.41. The summed E-state index contributed by atoms with van der Waals surface area (Å²) in [5.41, 5.74) is 11.4. The fourth-order valence-corrected chi connectivity index (χ4v) is 2.54. The first-order valence-corrected chi connectivity index (χ1v) is 7.16. The predicted molar refractivity (Wildman–Crippen MR) is 75.4 cm³/mol. The van der Waals surface area contributed by atoms with Crippen LogP contribution in [0.2, 0.25) is 0 Å². The van der Waals surface area contributed by atoms with Gasteiger partial charge in [-0.2, -0.15) is 0 Å². The highest BCUT2D eigenvalue weighted by molar-refractivity contribution is 7.91. The average molecular weight is 285 g/mol. The molecule has 7 heteroatoms. The second kappa shape index (κ2) is 5.83. The molecule has 18 heavy (non-hydrogen) atoms. The normalized spacial score (nSPS) is 10.7. The van der Waals surface area contributed by atoms with Crippen LogP contribution in [0.4, 0.5) is 0 Å². The van der Waals surface area contributed by atoms with Crippen molar-refractivity contribution in [1.82, 2.24) is 10.9 Å². The van der Waals surface area contributed by atoms with Crippen LogP contribution in [0.25, 0.3) is 0 Å². The molecule has 0 aromatic heterocycles. The fraction of sp³-hybridized carbons (Fsp3) is 0.182. The highest BCUT2D eigenvalue weighted by Crippen LogP contribution is 2.13. The van der Waals surface area contributed by atoms with Gasteiger partial charge in [0.15, 0.2) is 14.9 Å². The lowest BCUT2D eigenvalue weighted by molar-refractivity contribution is 0.595. The maximum absolute atomic E-state index is 12.0. The molecule has 1 aromatic carbocycles. The fourth-order valence-electron chi connectivity index (χ4n) is 1.24. The molecular weight excluding hydrogens is 270 g/mol. The number of hydrogen-bond donors (Lipinski definition) is 3. The van der Waals surface area contributed by atoms with Gasteiger partial charge in [0.1, 0.15) is 0 Å². The Labute approximate surface area is 112 Å². The van der Waals surface area contributed by atoms with Crippen LogP contribution in [-0.2, 0) is 9.84 Å². The van der Waals surface area contributed by atoms with E-state index in [4.69, 9.17) is 5.73 Å². The van der Waals surface area contributed by atoms with Gasteiger partial charge < -0.3 is 11.2 Å². The van der Waals surface area contributed by atoms with Crippen molar-refractivity contribution in [2.45, 2.75) is 11.8 Å². The second-order valence-electron chi connectivity index (χ2n) is 3.79. The molecule has 0 amide bonds. The van der Waals surface area contributed by atoms with Crippen LogP contribution in [0, 0.1) is 6.92 Å². The van der Waals surface area contributed by atoms with E-state index >= 15 is 0 Å². The van der Waals surface area contributed by atoms with Gasteiger partial charge in [0.2, 0.25) is 0 Å². The minimum Gasteiger partial charge on any atom is -0.375 e. The van der Waals surface area contributed by atoms with E-state index in [0.717, 1.165) is 5.56 Å². The Bertz CT molecular complexity index is 550. The van der Waals surface area contributed by atoms with Crippen LogP contribution in [0.5, 0.6) is 0 Å². The van der Waals surface area contributed by atoms with E-state index in [-0.39, 0.29) is 21.5 Å². The summed E-state index contributed by atoms with van der Waals surface area (Å²) in [6.45, 7) is 5.48. The Morgan fingerprint density at radius 3 is 2.39 bits per heavy atom. The van der Waals surface area contributed by atoms with E-state index in [2.05, 4.69) is 29.6 Å². The summed E-state index contributed by atoms with van der Waals surface area (Å²) in [7, 11) is -3.41. The molecule has 0 aliphatic heterocycles. The van der Waals surface area contributed by atoms with Gasteiger partial charge in [-0.3, -0.25) is 5.43 Å². The Morgan fingerprint density at radius 2 is 1.89 bits per heavy atom. The van der Waals surface area contributed by atoms with Crippen molar-refractivity contribution in [2.75, 3.05) is 5.75 Å². The van der Waals surface area contributed by atoms with E-state index in [9.17, 15) is 8.42 Å². The number of nitrogens with one attached hydrogen (secondary N) is 2. The van der Waals surface area contributed by atoms with Crippen LogP contribution in [0.3, 0.4) is 0 Å². The number of sulfone groups is 1. The zero-order valence-electron chi connectivity index (χ0n) is 9.93. The lowest BCUT2D eigenvalue weighted by atomic mass is 10.2. The number of benzene rings is 1. The Kier molecular flexibility index (Phi) is 4.69. The first-order chi connectivity index (χ1) is 8.31. The van der Waals surface area contributed by atoms with Crippen LogP contribution >= 0.6 is 12.2 Å². The Balaban J connectivity index is 2.73. The van der Waals surface area contributed by atoms with Gasteiger partial charge in [0.05, 0.1) is 10.6 Å². The lowest BCUT2D eigenvalue weighted by Gasteiger charge is -2.11. The molecule has 0 bridgehead atoms. The third-order valence-electron chi connectivity index (χ3n) is 2.11. The summed E-state index contributed by atoms with van der Waals surface area (Å²) < 4.78 is 24.0. The zero-order valence-corrected chi connectivity index (χ0v) is 11.6. The summed E-state index contributed by atoms with van der Waals surface area (Å²) in [6.07, 6.45) is 0. The Morgan fingerprint density at radius 1 is 1.33 bits per heavy atom. The molecule has 0 radical (unpaired) electrons. The molecule has 0 aliphatic carbocycles. The SMILES string of the molecule is C=C(CS(=O)(=O)c1ccc(C)cc1)NNC(N)=S. The minimum absolute atomic E-state index is 0.0175. The third-order valence-corrected chi connectivity index (χ3v) is 3.93. The second-order valence-corrected chi connectivity index (χ2v) is 6.22. The summed E-state index contributed by atoms with van der Waals surface area (Å²) >= 11 is 4.58.